The summed E-state index contributed by atoms with van der Waals surface area (Å²) in [6.07, 6.45) is 0.0115. The zero-order valence-corrected chi connectivity index (χ0v) is 21.1. The third kappa shape index (κ3) is 5.03. The summed E-state index contributed by atoms with van der Waals surface area (Å²) in [7, 11) is 0. The van der Waals surface area contributed by atoms with E-state index in [1.54, 1.807) is 28.8 Å². The normalized spacial score (nSPS) is 20.9. The van der Waals surface area contributed by atoms with Gasteiger partial charge in [-0.15, -0.1) is 0 Å². The second-order valence-corrected chi connectivity index (χ2v) is 9.02. The first-order chi connectivity index (χ1) is 18.5. The van der Waals surface area contributed by atoms with Crippen molar-refractivity contribution < 1.29 is 24.5 Å². The van der Waals surface area contributed by atoms with Crippen LogP contribution in [-0.2, 0) is 11.3 Å². The van der Waals surface area contributed by atoms with Gasteiger partial charge in [0.1, 0.15) is 30.3 Å². The summed E-state index contributed by atoms with van der Waals surface area (Å²) in [6.45, 7) is 4.51. The number of aliphatic hydroxyl groups is 2. The average molecular weight is 519 g/mol. The molecule has 1 fully saturated rings. The highest BCUT2D eigenvalue weighted by Crippen LogP contribution is 2.32. The number of fused-ring (bicyclic) bond motifs is 1. The molecule has 3 heterocycles. The molecule has 0 unspecified atom stereocenters. The molecule has 38 heavy (non-hydrogen) atoms. The van der Waals surface area contributed by atoms with E-state index in [-0.39, 0.29) is 0 Å². The first-order valence-electron chi connectivity index (χ1n) is 12.4. The van der Waals surface area contributed by atoms with Gasteiger partial charge in [0.2, 0.25) is 0 Å². The summed E-state index contributed by atoms with van der Waals surface area (Å²) in [5.74, 6) is 0.696. The van der Waals surface area contributed by atoms with Crippen LogP contribution in [0.25, 0.3) is 11.2 Å². The van der Waals surface area contributed by atoms with Crippen LogP contribution in [0.15, 0.2) is 61.2 Å². The lowest BCUT2D eigenvalue weighted by Gasteiger charge is -2.23. The fourth-order valence-corrected chi connectivity index (χ4v) is 4.57. The van der Waals surface area contributed by atoms with Gasteiger partial charge in [0.05, 0.1) is 19.5 Å². The lowest BCUT2D eigenvalue weighted by molar-refractivity contribution is -0.0440. The van der Waals surface area contributed by atoms with E-state index >= 15 is 0 Å². The molecule has 4 N–H and O–H groups in total. The Kier molecular flexibility index (Phi) is 7.50. The smallest absolute Gasteiger partial charge is 0.251 e. The number of carbonyl (C=O) groups excluding carboxylic acids is 1. The fraction of sp³-hybridized carbons (Fsp3) is 0.333. The standard InChI is InChI=1S/C27H30N6O5/c1-3-37-19-10-6-9-17(11-19)26(36)32-21-23(35)20(13-34)38-27(21)33-15-31-22-24(29-14-30-25(22)33)28-12-18-8-5-4-7-16(18)2/h4-11,14-15,20-21,23,27,34-35H,3,12-13H2,1-2H3,(H,32,36)(H,28,29,30)/t20-,21-,23-,27-/m1/s1. The maximum absolute atomic E-state index is 13.1. The molecule has 1 saturated heterocycles. The lowest BCUT2D eigenvalue weighted by atomic mass is 10.1. The van der Waals surface area contributed by atoms with E-state index in [1.165, 1.54) is 12.7 Å². The molecular formula is C27H30N6O5. The van der Waals surface area contributed by atoms with Gasteiger partial charge in [-0.05, 0) is 43.2 Å². The minimum absolute atomic E-state index is 0.370. The van der Waals surface area contributed by atoms with Gasteiger partial charge in [0, 0.05) is 12.1 Å². The zero-order valence-electron chi connectivity index (χ0n) is 21.1. The van der Waals surface area contributed by atoms with E-state index in [2.05, 4.69) is 25.6 Å². The number of hydrogen-bond acceptors (Lipinski definition) is 9. The number of carbonyl (C=O) groups is 1. The molecule has 1 aliphatic rings. The Morgan fingerprint density at radius 3 is 2.79 bits per heavy atom. The maximum Gasteiger partial charge on any atom is 0.251 e. The van der Waals surface area contributed by atoms with Gasteiger partial charge in [-0.2, -0.15) is 0 Å². The van der Waals surface area contributed by atoms with Gasteiger partial charge in [-0.25, -0.2) is 15.0 Å². The van der Waals surface area contributed by atoms with Gasteiger partial charge in [-0.1, -0.05) is 30.3 Å². The van der Waals surface area contributed by atoms with Gasteiger partial charge < -0.3 is 30.3 Å². The number of imidazole rings is 1. The van der Waals surface area contributed by atoms with Crippen LogP contribution in [0.2, 0.25) is 0 Å². The van der Waals surface area contributed by atoms with E-state index in [4.69, 9.17) is 9.47 Å². The molecular weight excluding hydrogens is 488 g/mol. The van der Waals surface area contributed by atoms with Crippen molar-refractivity contribution >= 4 is 22.9 Å². The molecule has 5 rings (SSSR count). The Bertz CT molecular complexity index is 1430. The van der Waals surface area contributed by atoms with Crippen molar-refractivity contribution in [3.63, 3.8) is 0 Å². The molecule has 1 aliphatic heterocycles. The van der Waals surface area contributed by atoms with Crippen molar-refractivity contribution in [3.8, 4) is 5.75 Å². The zero-order chi connectivity index (χ0) is 26.6. The van der Waals surface area contributed by atoms with Gasteiger partial charge in [0.15, 0.2) is 23.2 Å². The van der Waals surface area contributed by atoms with Crippen LogP contribution in [-0.4, -0.2) is 67.1 Å². The van der Waals surface area contributed by atoms with Crippen molar-refractivity contribution in [2.75, 3.05) is 18.5 Å². The van der Waals surface area contributed by atoms with E-state index in [1.807, 2.05) is 38.1 Å². The first kappa shape index (κ1) is 25.6. The molecule has 0 saturated carbocycles. The summed E-state index contributed by atoms with van der Waals surface area (Å²) >= 11 is 0. The average Bonchev–Trinajstić information content (AvgIpc) is 3.49. The molecule has 11 nitrogen and oxygen atoms in total. The summed E-state index contributed by atoms with van der Waals surface area (Å²) in [5, 5.41) is 26.9. The number of rotatable bonds is 9. The van der Waals surface area contributed by atoms with Crippen LogP contribution in [0, 0.1) is 6.92 Å². The number of ether oxygens (including phenoxy) is 2. The number of benzene rings is 2. The highest BCUT2D eigenvalue weighted by molar-refractivity contribution is 5.95. The predicted octanol–water partition coefficient (Wildman–Crippen LogP) is 2.19. The molecule has 11 heteroatoms. The van der Waals surface area contributed by atoms with Gasteiger partial charge >= 0.3 is 0 Å². The van der Waals surface area contributed by atoms with Gasteiger partial charge in [0.25, 0.3) is 5.91 Å². The second kappa shape index (κ2) is 11.1. The van der Waals surface area contributed by atoms with Crippen LogP contribution in [0.4, 0.5) is 5.82 Å². The van der Waals surface area contributed by atoms with E-state index in [0.29, 0.717) is 41.4 Å². The highest BCUT2D eigenvalue weighted by atomic mass is 16.5. The third-order valence-electron chi connectivity index (χ3n) is 6.60. The van der Waals surface area contributed by atoms with E-state index < -0.39 is 37.0 Å². The predicted molar refractivity (Wildman–Crippen MR) is 140 cm³/mol. The van der Waals surface area contributed by atoms with Crippen LogP contribution in [0.3, 0.4) is 0 Å². The summed E-state index contributed by atoms with van der Waals surface area (Å²) in [5.41, 5.74) is 3.63. The lowest BCUT2D eigenvalue weighted by Crippen LogP contribution is -2.46. The van der Waals surface area contributed by atoms with Crippen LogP contribution < -0.4 is 15.4 Å². The maximum atomic E-state index is 13.1. The van der Waals surface area contributed by atoms with E-state index in [0.717, 1.165) is 11.1 Å². The Morgan fingerprint density at radius 1 is 1.16 bits per heavy atom. The van der Waals surface area contributed by atoms with Crippen molar-refractivity contribution in [2.24, 2.45) is 0 Å². The van der Waals surface area contributed by atoms with Crippen molar-refractivity contribution in [1.82, 2.24) is 24.8 Å². The molecule has 0 spiro atoms. The minimum atomic E-state index is -1.16. The number of aryl methyl sites for hydroxylation is 1. The largest absolute Gasteiger partial charge is 0.494 e. The molecule has 4 atom stereocenters. The summed E-state index contributed by atoms with van der Waals surface area (Å²) in [6, 6.07) is 14.0. The summed E-state index contributed by atoms with van der Waals surface area (Å²) < 4.78 is 13.1. The Morgan fingerprint density at radius 2 is 2.00 bits per heavy atom. The molecule has 1 amide bonds. The van der Waals surface area contributed by atoms with Crippen molar-refractivity contribution in [3.05, 3.63) is 77.9 Å². The number of aliphatic hydroxyl groups excluding tert-OH is 2. The molecule has 198 valence electrons. The molecule has 0 bridgehead atoms. The highest BCUT2D eigenvalue weighted by Gasteiger charge is 2.46. The van der Waals surface area contributed by atoms with E-state index in [9.17, 15) is 15.0 Å². The number of aromatic nitrogens is 4. The Labute approximate surface area is 219 Å². The Hall–Kier alpha value is -4.06. The number of hydrogen-bond donors (Lipinski definition) is 4. The number of amides is 1. The van der Waals surface area contributed by atoms with Crippen LogP contribution >= 0.6 is 0 Å². The second-order valence-electron chi connectivity index (χ2n) is 9.02. The molecule has 2 aromatic carbocycles. The fourth-order valence-electron chi connectivity index (χ4n) is 4.57. The number of nitrogens with one attached hydrogen (secondary N) is 2. The molecule has 0 radical (unpaired) electrons. The summed E-state index contributed by atoms with van der Waals surface area (Å²) in [4.78, 5) is 26.4. The first-order valence-corrected chi connectivity index (χ1v) is 12.4. The number of anilines is 1. The van der Waals surface area contributed by atoms with Crippen LogP contribution in [0.5, 0.6) is 5.75 Å². The Balaban J connectivity index is 1.41. The molecule has 0 aliphatic carbocycles. The monoisotopic (exact) mass is 518 g/mol. The molecule has 2 aromatic heterocycles. The quantitative estimate of drug-likeness (QED) is 0.262. The number of nitrogens with zero attached hydrogens (tertiary/aromatic N) is 4. The van der Waals surface area contributed by atoms with Gasteiger partial charge in [-0.3, -0.25) is 9.36 Å². The minimum Gasteiger partial charge on any atom is -0.494 e. The van der Waals surface area contributed by atoms with Crippen molar-refractivity contribution in [2.45, 2.75) is 44.9 Å². The topological polar surface area (TPSA) is 144 Å². The van der Waals surface area contributed by atoms with Crippen LogP contribution in [0.1, 0.15) is 34.6 Å². The third-order valence-corrected chi connectivity index (χ3v) is 6.60. The SMILES string of the molecule is CCOc1cccc(C(=O)N[C@@H]2[C@H](O)[C@@H](CO)O[C@H]2n2cnc3c(NCc4ccccc4C)ncnc32)c1. The van der Waals surface area contributed by atoms with Crippen molar-refractivity contribution in [1.29, 1.82) is 0 Å². The molecule has 4 aromatic rings.